The molecule has 0 aliphatic carbocycles. The molecule has 0 radical (unpaired) electrons. The Morgan fingerprint density at radius 3 is 2.53 bits per heavy atom. The zero-order valence-corrected chi connectivity index (χ0v) is 10.4. The number of carbonyl (C=O) groups excluding carboxylic acids is 1. The second-order valence-electron chi connectivity index (χ2n) is 3.92. The van der Waals surface area contributed by atoms with E-state index in [9.17, 15) is 4.79 Å². The fraction of sp³-hybridized carbons (Fsp3) is 0.417. The molecule has 15 heavy (non-hydrogen) atoms. The highest BCUT2D eigenvalue weighted by Gasteiger charge is 2.15. The summed E-state index contributed by atoms with van der Waals surface area (Å²) in [6.45, 7) is 3.84. The minimum Gasteiger partial charge on any atom is -0.371 e. The third kappa shape index (κ3) is 2.23. The number of anilines is 1. The number of hydrogen-bond donors (Lipinski definition) is 0. The first-order chi connectivity index (χ1) is 7.18. The van der Waals surface area contributed by atoms with E-state index in [4.69, 9.17) is 0 Å². The number of nitrogens with zero attached hydrogens (tertiary/aromatic N) is 1. The lowest BCUT2D eigenvalue weighted by Gasteiger charge is -2.19. The number of ketones is 1. The average molecular weight is 268 g/mol. The van der Waals surface area contributed by atoms with Crippen molar-refractivity contribution >= 4 is 27.4 Å². The Morgan fingerprint density at radius 1 is 1.33 bits per heavy atom. The van der Waals surface area contributed by atoms with Crippen LogP contribution in [-0.4, -0.2) is 18.9 Å². The highest BCUT2D eigenvalue weighted by atomic mass is 79.9. The van der Waals surface area contributed by atoms with Crippen LogP contribution in [0.1, 0.15) is 30.1 Å². The Hall–Kier alpha value is -0.830. The van der Waals surface area contributed by atoms with Crippen LogP contribution in [0.4, 0.5) is 5.69 Å². The van der Waals surface area contributed by atoms with Crippen molar-refractivity contribution in [3.05, 3.63) is 28.2 Å². The summed E-state index contributed by atoms with van der Waals surface area (Å²) < 4.78 is 1.03. The topological polar surface area (TPSA) is 20.3 Å². The molecule has 0 atom stereocenters. The van der Waals surface area contributed by atoms with Gasteiger partial charge in [0.1, 0.15) is 0 Å². The lowest BCUT2D eigenvalue weighted by molar-refractivity contribution is 0.101. The van der Waals surface area contributed by atoms with Gasteiger partial charge in [0.2, 0.25) is 0 Å². The average Bonchev–Trinajstić information content (AvgIpc) is 2.70. The van der Waals surface area contributed by atoms with Crippen LogP contribution in [0.5, 0.6) is 0 Å². The van der Waals surface area contributed by atoms with Gasteiger partial charge in [-0.1, -0.05) is 0 Å². The van der Waals surface area contributed by atoms with E-state index >= 15 is 0 Å². The van der Waals surface area contributed by atoms with Crippen LogP contribution >= 0.6 is 15.9 Å². The lowest BCUT2D eigenvalue weighted by atomic mass is 10.1. The number of carbonyl (C=O) groups is 1. The van der Waals surface area contributed by atoms with Crippen LogP contribution < -0.4 is 4.90 Å². The molecule has 1 saturated heterocycles. The largest absolute Gasteiger partial charge is 0.371 e. The molecule has 0 saturated carbocycles. The fourth-order valence-electron chi connectivity index (χ4n) is 1.94. The highest BCUT2D eigenvalue weighted by Crippen LogP contribution is 2.29. The summed E-state index contributed by atoms with van der Waals surface area (Å²) in [5, 5.41) is 0. The van der Waals surface area contributed by atoms with Crippen LogP contribution in [0, 0.1) is 0 Å². The molecule has 0 amide bonds. The molecule has 3 heteroatoms. The van der Waals surface area contributed by atoms with Gasteiger partial charge in [0.15, 0.2) is 5.78 Å². The molecule has 80 valence electrons. The summed E-state index contributed by atoms with van der Waals surface area (Å²) in [7, 11) is 0. The first kappa shape index (κ1) is 10.7. The van der Waals surface area contributed by atoms with E-state index in [0.717, 1.165) is 23.1 Å². The molecule has 0 aromatic heterocycles. The summed E-state index contributed by atoms with van der Waals surface area (Å²) in [5.41, 5.74) is 1.97. The lowest BCUT2D eigenvalue weighted by Crippen LogP contribution is -2.18. The summed E-state index contributed by atoms with van der Waals surface area (Å²) in [5.74, 6) is 0.115. The summed E-state index contributed by atoms with van der Waals surface area (Å²) in [6.07, 6.45) is 2.53. The quantitative estimate of drug-likeness (QED) is 0.767. The maximum atomic E-state index is 11.2. The Kier molecular flexibility index (Phi) is 3.10. The van der Waals surface area contributed by atoms with Crippen molar-refractivity contribution in [3.63, 3.8) is 0 Å². The van der Waals surface area contributed by atoms with Gasteiger partial charge in [-0.25, -0.2) is 0 Å². The summed E-state index contributed by atoms with van der Waals surface area (Å²) >= 11 is 3.53. The zero-order chi connectivity index (χ0) is 10.8. The molecular formula is C12H14BrNO. The molecule has 2 rings (SSSR count). The van der Waals surface area contributed by atoms with Crippen LogP contribution in [0.3, 0.4) is 0 Å². The third-order valence-electron chi connectivity index (χ3n) is 2.80. The Bertz CT molecular complexity index is 383. The molecule has 1 heterocycles. The van der Waals surface area contributed by atoms with Gasteiger partial charge in [-0.3, -0.25) is 4.79 Å². The van der Waals surface area contributed by atoms with E-state index in [0.29, 0.717) is 0 Å². The predicted octanol–water partition coefficient (Wildman–Crippen LogP) is 3.25. The van der Waals surface area contributed by atoms with Gasteiger partial charge < -0.3 is 4.90 Å². The number of rotatable bonds is 2. The second kappa shape index (κ2) is 4.35. The minimum atomic E-state index is 0.115. The smallest absolute Gasteiger partial charge is 0.159 e. The van der Waals surface area contributed by atoms with E-state index in [2.05, 4.69) is 20.8 Å². The van der Waals surface area contributed by atoms with Crippen molar-refractivity contribution < 1.29 is 4.79 Å². The van der Waals surface area contributed by atoms with E-state index in [1.165, 1.54) is 18.5 Å². The predicted molar refractivity (Wildman–Crippen MR) is 65.6 cm³/mol. The molecule has 0 N–H and O–H groups in total. The molecule has 0 bridgehead atoms. The van der Waals surface area contributed by atoms with Crippen LogP contribution in [-0.2, 0) is 0 Å². The van der Waals surface area contributed by atoms with Crippen molar-refractivity contribution in [2.45, 2.75) is 19.8 Å². The van der Waals surface area contributed by atoms with Gasteiger partial charge in [-0.2, -0.15) is 0 Å². The third-order valence-corrected chi connectivity index (χ3v) is 3.44. The van der Waals surface area contributed by atoms with Gasteiger partial charge in [-0.05, 0) is 53.9 Å². The van der Waals surface area contributed by atoms with Crippen molar-refractivity contribution in [1.29, 1.82) is 0 Å². The molecule has 1 aromatic rings. The molecule has 0 spiro atoms. The molecule has 2 nitrogen and oxygen atoms in total. The van der Waals surface area contributed by atoms with Crippen molar-refractivity contribution in [2.75, 3.05) is 18.0 Å². The van der Waals surface area contributed by atoms with Crippen LogP contribution in [0.25, 0.3) is 0 Å². The second-order valence-corrected chi connectivity index (χ2v) is 4.77. The maximum Gasteiger partial charge on any atom is 0.159 e. The minimum absolute atomic E-state index is 0.115. The maximum absolute atomic E-state index is 11.2. The first-order valence-corrected chi connectivity index (χ1v) is 6.03. The first-order valence-electron chi connectivity index (χ1n) is 5.24. The van der Waals surface area contributed by atoms with Gasteiger partial charge in [0.05, 0.1) is 5.69 Å². The Labute approximate surface area is 98.4 Å². The van der Waals surface area contributed by atoms with E-state index < -0.39 is 0 Å². The standard InChI is InChI=1S/C12H14BrNO/c1-9(15)10-4-5-12(11(13)8-10)14-6-2-3-7-14/h4-5,8H,2-3,6-7H2,1H3. The molecule has 1 aliphatic rings. The van der Waals surface area contributed by atoms with Gasteiger partial charge >= 0.3 is 0 Å². The molecule has 1 aliphatic heterocycles. The number of halogens is 1. The molecular weight excluding hydrogens is 254 g/mol. The van der Waals surface area contributed by atoms with E-state index in [-0.39, 0.29) is 5.78 Å². The van der Waals surface area contributed by atoms with Crippen molar-refractivity contribution in [1.82, 2.24) is 0 Å². The summed E-state index contributed by atoms with van der Waals surface area (Å²) in [4.78, 5) is 13.6. The summed E-state index contributed by atoms with van der Waals surface area (Å²) in [6, 6.07) is 5.85. The SMILES string of the molecule is CC(=O)c1ccc(N2CCCC2)c(Br)c1. The van der Waals surface area contributed by atoms with Gasteiger partial charge in [-0.15, -0.1) is 0 Å². The number of hydrogen-bond acceptors (Lipinski definition) is 2. The monoisotopic (exact) mass is 267 g/mol. The van der Waals surface area contributed by atoms with Crippen molar-refractivity contribution in [2.24, 2.45) is 0 Å². The van der Waals surface area contributed by atoms with Crippen LogP contribution in [0.2, 0.25) is 0 Å². The van der Waals surface area contributed by atoms with Crippen molar-refractivity contribution in [3.8, 4) is 0 Å². The number of Topliss-reactive ketones (excluding diaryl/α,β-unsaturated/α-hetero) is 1. The van der Waals surface area contributed by atoms with Gasteiger partial charge in [0.25, 0.3) is 0 Å². The van der Waals surface area contributed by atoms with Gasteiger partial charge in [0, 0.05) is 23.1 Å². The molecule has 1 aromatic carbocycles. The molecule has 0 unspecified atom stereocenters. The fourth-order valence-corrected chi connectivity index (χ4v) is 2.57. The van der Waals surface area contributed by atoms with E-state index in [1.807, 2.05) is 18.2 Å². The Morgan fingerprint density at radius 2 is 2.00 bits per heavy atom. The normalized spacial score (nSPS) is 15.7. The zero-order valence-electron chi connectivity index (χ0n) is 8.79. The van der Waals surface area contributed by atoms with E-state index in [1.54, 1.807) is 6.92 Å². The molecule has 1 fully saturated rings. The highest BCUT2D eigenvalue weighted by molar-refractivity contribution is 9.10. The Balaban J connectivity index is 2.29. The van der Waals surface area contributed by atoms with Crippen LogP contribution in [0.15, 0.2) is 22.7 Å². The number of benzene rings is 1.